The fourth-order valence-corrected chi connectivity index (χ4v) is 2.25. The van der Waals surface area contributed by atoms with Gasteiger partial charge in [-0.1, -0.05) is 36.4 Å². The summed E-state index contributed by atoms with van der Waals surface area (Å²) in [5, 5.41) is 18.7. The Bertz CT molecular complexity index is 572. The lowest BCUT2D eigenvalue weighted by Gasteiger charge is -2.25. The first-order valence-electron chi connectivity index (χ1n) is 6.99. The normalized spacial score (nSPS) is 12.2. The molecule has 0 saturated heterocycles. The van der Waals surface area contributed by atoms with Crippen molar-refractivity contribution in [3.8, 4) is 0 Å². The summed E-state index contributed by atoms with van der Waals surface area (Å²) in [5.41, 5.74) is 2.02. The Balaban J connectivity index is 2.25. The number of benzene rings is 2. The van der Waals surface area contributed by atoms with E-state index in [2.05, 4.69) is 0 Å². The molecule has 0 fully saturated rings. The van der Waals surface area contributed by atoms with Gasteiger partial charge in [-0.05, 0) is 30.2 Å². The van der Waals surface area contributed by atoms with Gasteiger partial charge in [-0.3, -0.25) is 0 Å². The Kier molecular flexibility index (Phi) is 5.31. The Morgan fingerprint density at radius 2 is 1.86 bits per heavy atom. The zero-order valence-electron chi connectivity index (χ0n) is 12.0. The van der Waals surface area contributed by atoms with E-state index in [9.17, 15) is 14.6 Å². The Labute approximate surface area is 124 Å². The van der Waals surface area contributed by atoms with Gasteiger partial charge in [-0.2, -0.15) is 0 Å². The van der Waals surface area contributed by atoms with Crippen molar-refractivity contribution in [3.05, 3.63) is 65.5 Å². The average molecular weight is 289 g/mol. The zero-order chi connectivity index (χ0) is 15.2. The number of aliphatic hydroxyl groups is 2. The molecule has 1 atom stereocenters. The third kappa shape index (κ3) is 4.03. The summed E-state index contributed by atoms with van der Waals surface area (Å²) >= 11 is 0. The molecule has 2 N–H and O–H groups in total. The highest BCUT2D eigenvalue weighted by atomic mass is 19.1. The van der Waals surface area contributed by atoms with Gasteiger partial charge in [0.2, 0.25) is 0 Å². The number of halogens is 1. The third-order valence-corrected chi connectivity index (χ3v) is 3.38. The predicted molar refractivity (Wildman–Crippen MR) is 81.6 cm³/mol. The van der Waals surface area contributed by atoms with E-state index in [1.54, 1.807) is 24.0 Å². The number of aliphatic hydroxyl groups excluding tert-OH is 2. The molecule has 21 heavy (non-hydrogen) atoms. The van der Waals surface area contributed by atoms with Crippen LogP contribution in [-0.2, 0) is 6.54 Å². The molecule has 0 bridgehead atoms. The Morgan fingerprint density at radius 1 is 1.14 bits per heavy atom. The highest BCUT2D eigenvalue weighted by Crippen LogP contribution is 2.24. The minimum absolute atomic E-state index is 0.0512. The molecular weight excluding hydrogens is 269 g/mol. The van der Waals surface area contributed by atoms with Crippen molar-refractivity contribution in [3.63, 3.8) is 0 Å². The van der Waals surface area contributed by atoms with Crippen LogP contribution in [0.1, 0.15) is 24.2 Å². The van der Waals surface area contributed by atoms with Gasteiger partial charge in [0.25, 0.3) is 0 Å². The molecule has 0 spiro atoms. The van der Waals surface area contributed by atoms with Crippen molar-refractivity contribution < 1.29 is 14.6 Å². The van der Waals surface area contributed by atoms with Crippen molar-refractivity contribution in [1.82, 2.24) is 0 Å². The lowest BCUT2D eigenvalue weighted by atomic mass is 10.1. The molecule has 0 aromatic heterocycles. The maximum atomic E-state index is 14.3. The van der Waals surface area contributed by atoms with Crippen LogP contribution in [0.4, 0.5) is 10.1 Å². The molecule has 0 aliphatic heterocycles. The molecule has 0 heterocycles. The Hall–Kier alpha value is -1.91. The van der Waals surface area contributed by atoms with Crippen LogP contribution >= 0.6 is 0 Å². The molecule has 0 radical (unpaired) electrons. The summed E-state index contributed by atoms with van der Waals surface area (Å²) in [4.78, 5) is 1.79. The van der Waals surface area contributed by atoms with E-state index in [1.807, 2.05) is 30.3 Å². The van der Waals surface area contributed by atoms with Gasteiger partial charge < -0.3 is 15.1 Å². The van der Waals surface area contributed by atoms with Gasteiger partial charge in [0.05, 0.1) is 18.4 Å². The second kappa shape index (κ2) is 7.20. The average Bonchev–Trinajstić information content (AvgIpc) is 2.48. The van der Waals surface area contributed by atoms with Crippen molar-refractivity contribution in [2.75, 3.05) is 18.1 Å². The number of hydrogen-bond acceptors (Lipinski definition) is 3. The lowest BCUT2D eigenvalue weighted by Crippen LogP contribution is -2.27. The van der Waals surface area contributed by atoms with Crippen LogP contribution in [0.2, 0.25) is 0 Å². The standard InChI is InChI=1S/C17H20FNO2/c1-13(21)15-7-8-17(16(18)11-15)19(9-10-20)12-14-5-3-2-4-6-14/h2-8,11,13,20-21H,9-10,12H2,1H3/t13-/m1/s1. The monoisotopic (exact) mass is 289 g/mol. The molecule has 2 rings (SSSR count). The quantitative estimate of drug-likeness (QED) is 0.859. The zero-order valence-corrected chi connectivity index (χ0v) is 12.0. The van der Waals surface area contributed by atoms with Crippen molar-refractivity contribution in [2.24, 2.45) is 0 Å². The molecule has 2 aromatic carbocycles. The molecule has 0 saturated carbocycles. The minimum Gasteiger partial charge on any atom is -0.395 e. The van der Waals surface area contributed by atoms with Gasteiger partial charge in [0, 0.05) is 13.1 Å². The summed E-state index contributed by atoms with van der Waals surface area (Å²) in [6.07, 6.45) is -0.700. The van der Waals surface area contributed by atoms with Crippen molar-refractivity contribution in [2.45, 2.75) is 19.6 Å². The van der Waals surface area contributed by atoms with Crippen LogP contribution in [0.15, 0.2) is 48.5 Å². The van der Waals surface area contributed by atoms with E-state index in [0.717, 1.165) is 5.56 Å². The fraction of sp³-hybridized carbons (Fsp3) is 0.294. The third-order valence-electron chi connectivity index (χ3n) is 3.38. The topological polar surface area (TPSA) is 43.7 Å². The van der Waals surface area contributed by atoms with Crippen LogP contribution < -0.4 is 4.90 Å². The molecule has 0 aliphatic rings. The number of nitrogens with zero attached hydrogens (tertiary/aromatic N) is 1. The van der Waals surface area contributed by atoms with Gasteiger partial charge >= 0.3 is 0 Å². The molecule has 0 unspecified atom stereocenters. The lowest BCUT2D eigenvalue weighted by molar-refractivity contribution is 0.199. The molecule has 4 heteroatoms. The molecule has 0 amide bonds. The van der Waals surface area contributed by atoms with E-state index in [1.165, 1.54) is 6.07 Å². The van der Waals surface area contributed by atoms with E-state index in [-0.39, 0.29) is 6.61 Å². The molecule has 112 valence electrons. The SMILES string of the molecule is C[C@@H](O)c1ccc(N(CCO)Cc2ccccc2)c(F)c1. The molecule has 3 nitrogen and oxygen atoms in total. The summed E-state index contributed by atoms with van der Waals surface area (Å²) < 4.78 is 14.3. The van der Waals surface area contributed by atoms with Gasteiger partial charge in [0.1, 0.15) is 5.82 Å². The minimum atomic E-state index is -0.700. The molecule has 2 aromatic rings. The van der Waals surface area contributed by atoms with Crippen molar-refractivity contribution in [1.29, 1.82) is 0 Å². The van der Waals surface area contributed by atoms with E-state index in [0.29, 0.717) is 24.3 Å². The van der Waals surface area contributed by atoms with Crippen LogP contribution in [0.5, 0.6) is 0 Å². The number of hydrogen-bond donors (Lipinski definition) is 2. The van der Waals surface area contributed by atoms with Crippen LogP contribution in [0.3, 0.4) is 0 Å². The maximum absolute atomic E-state index is 14.3. The number of anilines is 1. The first-order chi connectivity index (χ1) is 10.1. The largest absolute Gasteiger partial charge is 0.395 e. The first-order valence-corrected chi connectivity index (χ1v) is 6.99. The fourth-order valence-electron chi connectivity index (χ4n) is 2.25. The number of rotatable bonds is 6. The summed E-state index contributed by atoms with van der Waals surface area (Å²) in [7, 11) is 0. The van der Waals surface area contributed by atoms with Crippen LogP contribution in [0, 0.1) is 5.82 Å². The smallest absolute Gasteiger partial charge is 0.146 e. The van der Waals surface area contributed by atoms with E-state index < -0.39 is 11.9 Å². The second-order valence-corrected chi connectivity index (χ2v) is 5.02. The highest BCUT2D eigenvalue weighted by Gasteiger charge is 2.13. The first kappa shape index (κ1) is 15.5. The summed E-state index contributed by atoms with van der Waals surface area (Å²) in [6, 6.07) is 14.4. The van der Waals surface area contributed by atoms with Gasteiger partial charge in [0.15, 0.2) is 0 Å². The van der Waals surface area contributed by atoms with E-state index >= 15 is 0 Å². The van der Waals surface area contributed by atoms with Crippen LogP contribution in [0.25, 0.3) is 0 Å². The van der Waals surface area contributed by atoms with Gasteiger partial charge in [-0.15, -0.1) is 0 Å². The van der Waals surface area contributed by atoms with Gasteiger partial charge in [-0.25, -0.2) is 4.39 Å². The molecular formula is C17H20FNO2. The van der Waals surface area contributed by atoms with Crippen LogP contribution in [-0.4, -0.2) is 23.4 Å². The predicted octanol–water partition coefficient (Wildman–Crippen LogP) is 2.88. The maximum Gasteiger partial charge on any atom is 0.146 e. The Morgan fingerprint density at radius 3 is 2.43 bits per heavy atom. The second-order valence-electron chi connectivity index (χ2n) is 5.02. The summed E-state index contributed by atoms with van der Waals surface area (Å²) in [5.74, 6) is -0.391. The highest BCUT2D eigenvalue weighted by molar-refractivity contribution is 5.50. The van der Waals surface area contributed by atoms with E-state index in [4.69, 9.17) is 0 Å². The van der Waals surface area contributed by atoms with Crippen molar-refractivity contribution >= 4 is 5.69 Å². The summed E-state index contributed by atoms with van der Waals surface area (Å²) in [6.45, 7) is 2.42. The molecule has 0 aliphatic carbocycles.